The Kier molecular flexibility index (Phi) is 3.27. The molecule has 2 aromatic heterocycles. The number of aromatic nitrogens is 4. The normalized spacial score (nSPS) is 26.8. The van der Waals surface area contributed by atoms with Gasteiger partial charge in [0.15, 0.2) is 5.82 Å². The molecule has 2 aliphatic carbocycles. The fraction of sp³-hybridized carbons (Fsp3) is 0.667. The van der Waals surface area contributed by atoms with Crippen molar-refractivity contribution in [3.05, 3.63) is 29.2 Å². The largest absolute Gasteiger partial charge is 0.339 e. The van der Waals surface area contributed by atoms with Crippen molar-refractivity contribution < 1.29 is 9.32 Å². The highest BCUT2D eigenvalue weighted by Crippen LogP contribution is 2.41. The minimum absolute atomic E-state index is 0.00370. The molecule has 2 aromatic rings. The summed E-state index contributed by atoms with van der Waals surface area (Å²) in [7, 11) is 0. The van der Waals surface area contributed by atoms with Crippen LogP contribution in [0.25, 0.3) is 0 Å². The number of hydrogen-bond acceptors (Lipinski definition) is 5. The summed E-state index contributed by atoms with van der Waals surface area (Å²) in [5.41, 5.74) is 1.34. The van der Waals surface area contributed by atoms with E-state index in [9.17, 15) is 4.79 Å². The third kappa shape index (κ3) is 2.75. The topological polar surface area (TPSA) is 87.9 Å². The molecule has 1 saturated heterocycles. The summed E-state index contributed by atoms with van der Waals surface area (Å²) in [6.07, 6.45) is 6.59. The van der Waals surface area contributed by atoms with Gasteiger partial charge < -0.3 is 9.42 Å². The number of rotatable bonds is 4. The molecular formula is C18H23N5O2. The smallest absolute Gasteiger partial charge is 0.274 e. The van der Waals surface area contributed by atoms with Gasteiger partial charge in [-0.1, -0.05) is 5.16 Å². The first-order chi connectivity index (χ1) is 12.1. The zero-order valence-corrected chi connectivity index (χ0v) is 14.5. The zero-order chi connectivity index (χ0) is 17.0. The van der Waals surface area contributed by atoms with Crippen molar-refractivity contribution in [1.29, 1.82) is 0 Å². The van der Waals surface area contributed by atoms with Crippen molar-refractivity contribution >= 4 is 5.91 Å². The maximum Gasteiger partial charge on any atom is 0.274 e. The molecule has 1 N–H and O–H groups in total. The van der Waals surface area contributed by atoms with E-state index in [1.165, 1.54) is 12.8 Å². The highest BCUT2D eigenvalue weighted by atomic mass is 16.5. The van der Waals surface area contributed by atoms with Gasteiger partial charge in [0, 0.05) is 30.6 Å². The van der Waals surface area contributed by atoms with Crippen LogP contribution in [-0.2, 0) is 5.41 Å². The number of likely N-dealkylation sites (tertiary alicyclic amines) is 1. The average Bonchev–Trinajstić information content (AvgIpc) is 3.55. The average molecular weight is 341 g/mol. The molecule has 5 rings (SSSR count). The number of hydrogen-bond donors (Lipinski definition) is 1. The lowest BCUT2D eigenvalue weighted by atomic mass is 9.81. The molecule has 1 amide bonds. The van der Waals surface area contributed by atoms with Crippen LogP contribution in [0.2, 0.25) is 0 Å². The van der Waals surface area contributed by atoms with E-state index in [1.54, 1.807) is 0 Å². The Balaban J connectivity index is 1.34. The number of nitrogens with zero attached hydrogens (tertiary/aromatic N) is 4. The summed E-state index contributed by atoms with van der Waals surface area (Å²) in [4.78, 5) is 19.4. The first kappa shape index (κ1) is 15.1. The van der Waals surface area contributed by atoms with Crippen LogP contribution in [0.5, 0.6) is 0 Å². The number of nitrogens with one attached hydrogen (secondary N) is 1. The first-order valence-corrected chi connectivity index (χ1v) is 9.31. The number of H-pyrrole nitrogens is 1. The number of aromatic amines is 1. The third-order valence-electron chi connectivity index (χ3n) is 5.72. The standard InChI is InChI=1S/C18H23N5O2/c1-18(17-19-15(22-25-17)12-5-6-12)7-2-8-23(10-18)16(24)14-9-13(20-21-14)11-3-4-11/h9,11-12H,2-8,10H2,1H3,(H,20,21)/t18-/m1/s1. The molecule has 25 heavy (non-hydrogen) atoms. The minimum atomic E-state index is -0.274. The van der Waals surface area contributed by atoms with E-state index in [4.69, 9.17) is 4.52 Å². The molecule has 1 aliphatic heterocycles. The van der Waals surface area contributed by atoms with E-state index < -0.39 is 0 Å². The van der Waals surface area contributed by atoms with Crippen molar-refractivity contribution in [2.24, 2.45) is 0 Å². The van der Waals surface area contributed by atoms with Crippen molar-refractivity contribution in [2.75, 3.05) is 13.1 Å². The molecule has 0 unspecified atom stereocenters. The van der Waals surface area contributed by atoms with E-state index in [2.05, 4.69) is 27.3 Å². The fourth-order valence-electron chi connectivity index (χ4n) is 3.79. The Morgan fingerprint density at radius 2 is 2.12 bits per heavy atom. The monoisotopic (exact) mass is 341 g/mol. The Morgan fingerprint density at radius 3 is 2.88 bits per heavy atom. The summed E-state index contributed by atoms with van der Waals surface area (Å²) in [6.45, 7) is 3.48. The zero-order valence-electron chi connectivity index (χ0n) is 14.5. The Labute approximate surface area is 146 Å². The molecule has 3 aliphatic rings. The number of piperidine rings is 1. The molecule has 0 aromatic carbocycles. The van der Waals surface area contributed by atoms with Gasteiger partial charge >= 0.3 is 0 Å². The Bertz CT molecular complexity index is 804. The molecule has 0 spiro atoms. The molecule has 7 heteroatoms. The van der Waals surface area contributed by atoms with E-state index in [-0.39, 0.29) is 11.3 Å². The van der Waals surface area contributed by atoms with Crippen LogP contribution in [0.1, 0.15) is 85.2 Å². The molecule has 0 bridgehead atoms. The van der Waals surface area contributed by atoms with Crippen LogP contribution in [-0.4, -0.2) is 44.2 Å². The maximum atomic E-state index is 12.9. The second-order valence-corrected chi connectivity index (χ2v) is 8.11. The number of carbonyl (C=O) groups excluding carboxylic acids is 1. The second-order valence-electron chi connectivity index (χ2n) is 8.11. The molecule has 3 heterocycles. The SMILES string of the molecule is C[C@@]1(c2nc(C3CC3)no2)CCCN(C(=O)c2cc(C3CC3)[nH]n2)C1. The van der Waals surface area contributed by atoms with Gasteiger partial charge in [-0.2, -0.15) is 10.1 Å². The Morgan fingerprint density at radius 1 is 1.32 bits per heavy atom. The summed E-state index contributed by atoms with van der Waals surface area (Å²) in [5.74, 6) is 2.55. The van der Waals surface area contributed by atoms with Crippen LogP contribution in [0, 0.1) is 0 Å². The van der Waals surface area contributed by atoms with Crippen LogP contribution >= 0.6 is 0 Å². The lowest BCUT2D eigenvalue weighted by Gasteiger charge is -2.37. The van der Waals surface area contributed by atoms with E-state index in [0.29, 0.717) is 30.0 Å². The van der Waals surface area contributed by atoms with Crippen LogP contribution in [0.15, 0.2) is 10.6 Å². The van der Waals surface area contributed by atoms with Crippen molar-refractivity contribution in [3.63, 3.8) is 0 Å². The quantitative estimate of drug-likeness (QED) is 0.924. The fourth-order valence-corrected chi connectivity index (χ4v) is 3.79. The summed E-state index contributed by atoms with van der Waals surface area (Å²) in [6, 6.07) is 1.92. The van der Waals surface area contributed by atoms with Crippen LogP contribution in [0.4, 0.5) is 0 Å². The molecule has 0 radical (unpaired) electrons. The van der Waals surface area contributed by atoms with Crippen LogP contribution in [0.3, 0.4) is 0 Å². The summed E-state index contributed by atoms with van der Waals surface area (Å²) in [5, 5.41) is 11.4. The molecule has 1 atom stereocenters. The van der Waals surface area contributed by atoms with E-state index in [1.807, 2.05) is 11.0 Å². The van der Waals surface area contributed by atoms with Crippen LogP contribution < -0.4 is 0 Å². The summed E-state index contributed by atoms with van der Waals surface area (Å²) >= 11 is 0. The van der Waals surface area contributed by atoms with Gasteiger partial charge in [0.25, 0.3) is 5.91 Å². The molecule has 7 nitrogen and oxygen atoms in total. The highest BCUT2D eigenvalue weighted by molar-refractivity contribution is 5.92. The van der Waals surface area contributed by atoms with Gasteiger partial charge in [-0.05, 0) is 51.5 Å². The van der Waals surface area contributed by atoms with Gasteiger partial charge in [0.2, 0.25) is 5.89 Å². The summed E-state index contributed by atoms with van der Waals surface area (Å²) < 4.78 is 5.57. The highest BCUT2D eigenvalue weighted by Gasteiger charge is 2.41. The van der Waals surface area contributed by atoms with Crippen molar-refractivity contribution in [2.45, 2.75) is 62.7 Å². The third-order valence-corrected chi connectivity index (χ3v) is 5.72. The lowest BCUT2D eigenvalue weighted by Crippen LogP contribution is -2.47. The molecule has 132 valence electrons. The minimum Gasteiger partial charge on any atom is -0.339 e. The maximum absolute atomic E-state index is 12.9. The second kappa shape index (κ2) is 5.41. The Hall–Kier alpha value is -2.18. The number of carbonyl (C=O) groups is 1. The van der Waals surface area contributed by atoms with Gasteiger partial charge in [0.05, 0.1) is 5.41 Å². The first-order valence-electron chi connectivity index (χ1n) is 9.31. The molecule has 2 saturated carbocycles. The van der Waals surface area contributed by atoms with Crippen molar-refractivity contribution in [3.8, 4) is 0 Å². The molecular weight excluding hydrogens is 318 g/mol. The van der Waals surface area contributed by atoms with E-state index >= 15 is 0 Å². The predicted molar refractivity (Wildman–Crippen MR) is 89.3 cm³/mol. The van der Waals surface area contributed by atoms with Gasteiger partial charge in [-0.3, -0.25) is 9.89 Å². The van der Waals surface area contributed by atoms with Gasteiger partial charge in [-0.15, -0.1) is 0 Å². The van der Waals surface area contributed by atoms with Gasteiger partial charge in [0.1, 0.15) is 5.69 Å². The number of amides is 1. The predicted octanol–water partition coefficient (Wildman–Crippen LogP) is 2.74. The van der Waals surface area contributed by atoms with Crippen molar-refractivity contribution in [1.82, 2.24) is 25.2 Å². The van der Waals surface area contributed by atoms with Gasteiger partial charge in [-0.25, -0.2) is 0 Å². The lowest BCUT2D eigenvalue weighted by molar-refractivity contribution is 0.0614. The molecule has 3 fully saturated rings. The van der Waals surface area contributed by atoms with E-state index in [0.717, 1.165) is 43.7 Å².